The predicted molar refractivity (Wildman–Crippen MR) is 68.3 cm³/mol. The molecule has 1 aromatic rings. The van der Waals surface area contributed by atoms with E-state index in [9.17, 15) is 5.11 Å². The van der Waals surface area contributed by atoms with Crippen LogP contribution in [0, 0.1) is 19.8 Å². The van der Waals surface area contributed by atoms with Crippen molar-refractivity contribution in [3.05, 3.63) is 16.4 Å². The molecule has 4 nitrogen and oxygen atoms in total. The molecule has 2 rings (SSSR count). The van der Waals surface area contributed by atoms with Gasteiger partial charge >= 0.3 is 0 Å². The third kappa shape index (κ3) is 2.21. The quantitative estimate of drug-likeness (QED) is 0.841. The summed E-state index contributed by atoms with van der Waals surface area (Å²) in [6.45, 7) is 4.67. The number of aliphatic hydroxyl groups excluding tert-OH is 1. The molecule has 0 aromatic carbocycles. The molecule has 1 aliphatic rings. The lowest BCUT2D eigenvalue weighted by molar-refractivity contribution is 0.125. The second-order valence-electron chi connectivity index (χ2n) is 4.98. The molecule has 1 fully saturated rings. The van der Waals surface area contributed by atoms with Crippen LogP contribution in [0.5, 0.6) is 0 Å². The highest BCUT2D eigenvalue weighted by Gasteiger charge is 2.44. The van der Waals surface area contributed by atoms with Crippen LogP contribution < -0.4 is 5.32 Å². The molecular formula is C12H20ClN3O. The van der Waals surface area contributed by atoms with Gasteiger partial charge in [0, 0.05) is 0 Å². The van der Waals surface area contributed by atoms with E-state index in [1.165, 1.54) is 12.8 Å². The number of halogens is 1. The van der Waals surface area contributed by atoms with E-state index in [4.69, 9.17) is 11.6 Å². The second-order valence-corrected chi connectivity index (χ2v) is 5.36. The van der Waals surface area contributed by atoms with Crippen LogP contribution in [0.25, 0.3) is 0 Å². The molecule has 1 aliphatic carbocycles. The van der Waals surface area contributed by atoms with E-state index >= 15 is 0 Å². The molecule has 1 heterocycles. The summed E-state index contributed by atoms with van der Waals surface area (Å²) in [5, 5.41) is 18.1. The first-order chi connectivity index (χ1) is 8.04. The summed E-state index contributed by atoms with van der Waals surface area (Å²) in [7, 11) is 1.90. The molecule has 1 atom stereocenters. The Morgan fingerprint density at radius 2 is 2.18 bits per heavy atom. The van der Waals surface area contributed by atoms with Crippen LogP contribution in [0.1, 0.15) is 24.2 Å². The third-order valence-corrected chi connectivity index (χ3v) is 4.41. The predicted octanol–water partition coefficient (Wildman–Crippen LogP) is 1.51. The average molecular weight is 258 g/mol. The number of likely N-dealkylation sites (N-methyl/N-ethyl adjacent to an activating group) is 1. The zero-order valence-electron chi connectivity index (χ0n) is 10.6. The number of hydrogen-bond acceptors (Lipinski definition) is 3. The minimum atomic E-state index is -0.257. The fraction of sp³-hybridized carbons (Fsp3) is 0.750. The van der Waals surface area contributed by atoms with E-state index in [1.54, 1.807) is 0 Å². The Morgan fingerprint density at radius 1 is 1.53 bits per heavy atom. The van der Waals surface area contributed by atoms with Gasteiger partial charge in [-0.15, -0.1) is 0 Å². The van der Waals surface area contributed by atoms with E-state index in [0.717, 1.165) is 16.4 Å². The molecule has 2 N–H and O–H groups in total. The van der Waals surface area contributed by atoms with Crippen LogP contribution >= 0.6 is 11.6 Å². The Morgan fingerprint density at radius 3 is 2.53 bits per heavy atom. The standard InChI is InChI=1S/C12H20ClN3O/c1-8-11(13)9(2)16(15-8)6-12(7-17,14-3)10-4-5-10/h10,14,17H,4-7H2,1-3H3. The summed E-state index contributed by atoms with van der Waals surface area (Å²) in [5.41, 5.74) is 1.56. The Balaban J connectivity index is 2.25. The maximum Gasteiger partial charge on any atom is 0.0844 e. The van der Waals surface area contributed by atoms with Crippen LogP contribution in [0.4, 0.5) is 0 Å². The Kier molecular flexibility index (Phi) is 3.48. The number of aryl methyl sites for hydroxylation is 1. The largest absolute Gasteiger partial charge is 0.394 e. The first-order valence-electron chi connectivity index (χ1n) is 6.03. The zero-order valence-corrected chi connectivity index (χ0v) is 11.4. The van der Waals surface area contributed by atoms with Crippen molar-refractivity contribution in [3.63, 3.8) is 0 Å². The minimum absolute atomic E-state index is 0.129. The number of rotatable bonds is 5. The maximum atomic E-state index is 9.68. The Bertz CT molecular complexity index is 408. The van der Waals surface area contributed by atoms with Gasteiger partial charge in [0.15, 0.2) is 0 Å². The fourth-order valence-electron chi connectivity index (χ4n) is 2.40. The Labute approximate surface area is 107 Å². The number of aromatic nitrogens is 2. The van der Waals surface area contributed by atoms with E-state index in [-0.39, 0.29) is 12.1 Å². The van der Waals surface area contributed by atoms with Gasteiger partial charge in [-0.25, -0.2) is 0 Å². The lowest BCUT2D eigenvalue weighted by Crippen LogP contribution is -2.52. The summed E-state index contributed by atoms with van der Waals surface area (Å²) in [6.07, 6.45) is 2.35. The highest BCUT2D eigenvalue weighted by molar-refractivity contribution is 6.31. The molecule has 1 saturated carbocycles. The number of nitrogens with one attached hydrogen (secondary N) is 1. The van der Waals surface area contributed by atoms with Gasteiger partial charge < -0.3 is 10.4 Å². The van der Waals surface area contributed by atoms with E-state index in [1.807, 2.05) is 25.6 Å². The molecule has 0 aliphatic heterocycles. The van der Waals surface area contributed by atoms with Gasteiger partial charge in [0.05, 0.1) is 35.1 Å². The number of nitrogens with zero attached hydrogens (tertiary/aromatic N) is 2. The molecule has 1 aromatic heterocycles. The van der Waals surface area contributed by atoms with Crippen LogP contribution in [-0.2, 0) is 6.54 Å². The van der Waals surface area contributed by atoms with Crippen molar-refractivity contribution >= 4 is 11.6 Å². The van der Waals surface area contributed by atoms with Gasteiger partial charge in [-0.3, -0.25) is 4.68 Å². The van der Waals surface area contributed by atoms with Crippen molar-refractivity contribution in [2.75, 3.05) is 13.7 Å². The molecule has 1 unspecified atom stereocenters. The van der Waals surface area contributed by atoms with Gasteiger partial charge in [-0.2, -0.15) is 5.10 Å². The van der Waals surface area contributed by atoms with E-state index in [0.29, 0.717) is 12.5 Å². The van der Waals surface area contributed by atoms with E-state index in [2.05, 4.69) is 10.4 Å². The van der Waals surface area contributed by atoms with Crippen molar-refractivity contribution < 1.29 is 5.11 Å². The first kappa shape index (κ1) is 12.9. The second kappa shape index (κ2) is 4.59. The fourth-order valence-corrected chi connectivity index (χ4v) is 2.54. The van der Waals surface area contributed by atoms with Gasteiger partial charge in [0.25, 0.3) is 0 Å². The molecule has 0 radical (unpaired) electrons. The van der Waals surface area contributed by atoms with Gasteiger partial charge in [0.2, 0.25) is 0 Å². The van der Waals surface area contributed by atoms with Crippen LogP contribution in [-0.4, -0.2) is 34.1 Å². The highest BCUT2D eigenvalue weighted by Crippen LogP contribution is 2.40. The maximum absolute atomic E-state index is 9.68. The lowest BCUT2D eigenvalue weighted by Gasteiger charge is -2.32. The summed E-state index contributed by atoms with van der Waals surface area (Å²) < 4.78 is 1.91. The average Bonchev–Trinajstić information content (AvgIpc) is 3.14. The molecule has 5 heteroatoms. The molecule has 0 amide bonds. The van der Waals surface area contributed by atoms with Gasteiger partial charge in [0.1, 0.15) is 0 Å². The Hall–Kier alpha value is -0.580. The molecule has 0 spiro atoms. The highest BCUT2D eigenvalue weighted by atomic mass is 35.5. The van der Waals surface area contributed by atoms with Crippen molar-refractivity contribution in [1.29, 1.82) is 0 Å². The van der Waals surface area contributed by atoms with Crippen LogP contribution in [0.15, 0.2) is 0 Å². The summed E-state index contributed by atoms with van der Waals surface area (Å²) >= 11 is 6.14. The summed E-state index contributed by atoms with van der Waals surface area (Å²) in [5.74, 6) is 0.542. The first-order valence-corrected chi connectivity index (χ1v) is 6.41. The van der Waals surface area contributed by atoms with Crippen LogP contribution in [0.2, 0.25) is 5.02 Å². The summed E-state index contributed by atoms with van der Waals surface area (Å²) in [4.78, 5) is 0. The van der Waals surface area contributed by atoms with Gasteiger partial charge in [-0.05, 0) is 39.7 Å². The van der Waals surface area contributed by atoms with Crippen molar-refractivity contribution in [2.45, 2.75) is 38.8 Å². The molecule has 0 saturated heterocycles. The zero-order chi connectivity index (χ0) is 12.6. The van der Waals surface area contributed by atoms with Crippen molar-refractivity contribution in [1.82, 2.24) is 15.1 Å². The minimum Gasteiger partial charge on any atom is -0.394 e. The topological polar surface area (TPSA) is 50.1 Å². The lowest BCUT2D eigenvalue weighted by atomic mass is 9.94. The SMILES string of the molecule is CNC(CO)(Cn1nc(C)c(Cl)c1C)C1CC1. The smallest absolute Gasteiger partial charge is 0.0844 e. The number of hydrogen-bond donors (Lipinski definition) is 2. The summed E-state index contributed by atoms with van der Waals surface area (Å²) in [6, 6.07) is 0. The van der Waals surface area contributed by atoms with E-state index < -0.39 is 0 Å². The number of aliphatic hydroxyl groups is 1. The molecule has 96 valence electrons. The molecule has 0 bridgehead atoms. The molecule has 17 heavy (non-hydrogen) atoms. The van der Waals surface area contributed by atoms with Crippen molar-refractivity contribution in [2.24, 2.45) is 5.92 Å². The normalized spacial score (nSPS) is 19.4. The van der Waals surface area contributed by atoms with Crippen molar-refractivity contribution in [3.8, 4) is 0 Å². The third-order valence-electron chi connectivity index (χ3n) is 3.86. The monoisotopic (exact) mass is 257 g/mol. The molecular weight excluding hydrogens is 238 g/mol. The van der Waals surface area contributed by atoms with Gasteiger partial charge in [-0.1, -0.05) is 11.6 Å². The van der Waals surface area contributed by atoms with Crippen LogP contribution in [0.3, 0.4) is 0 Å².